The van der Waals surface area contributed by atoms with Crippen molar-refractivity contribution in [1.29, 1.82) is 0 Å². The van der Waals surface area contributed by atoms with E-state index >= 15 is 0 Å². The van der Waals surface area contributed by atoms with E-state index in [1.165, 1.54) is 0 Å². The maximum Gasteiger partial charge on any atom is 0.326 e. The van der Waals surface area contributed by atoms with Crippen LogP contribution in [0.5, 0.6) is 0 Å². The van der Waals surface area contributed by atoms with Gasteiger partial charge >= 0.3 is 5.97 Å². The van der Waals surface area contributed by atoms with Crippen molar-refractivity contribution in [3.8, 4) is 0 Å². The second-order valence-corrected chi connectivity index (χ2v) is 6.82. The summed E-state index contributed by atoms with van der Waals surface area (Å²) in [6.07, 6.45) is 0.297. The molecule has 12 heteroatoms. The van der Waals surface area contributed by atoms with Crippen LogP contribution < -0.4 is 33.6 Å². The van der Waals surface area contributed by atoms with Crippen molar-refractivity contribution >= 4 is 29.7 Å². The fourth-order valence-electron chi connectivity index (χ4n) is 2.34. The minimum atomic E-state index is -1.51. The first-order valence-electron chi connectivity index (χ1n) is 8.86. The van der Waals surface area contributed by atoms with Crippen molar-refractivity contribution in [3.63, 3.8) is 0 Å². The zero-order valence-electron chi connectivity index (χ0n) is 16.2. The third kappa shape index (κ3) is 11.0. The number of amides is 3. The Morgan fingerprint density at radius 2 is 1.57 bits per heavy atom. The van der Waals surface area contributed by atoms with Crippen molar-refractivity contribution in [2.24, 2.45) is 33.8 Å². The van der Waals surface area contributed by atoms with Gasteiger partial charge in [-0.15, -0.1) is 0 Å². The number of aliphatic carboxylic acids is 1. The molecular weight excluding hydrogens is 370 g/mol. The zero-order chi connectivity index (χ0) is 21.9. The van der Waals surface area contributed by atoms with Gasteiger partial charge in [-0.2, -0.15) is 0 Å². The summed E-state index contributed by atoms with van der Waals surface area (Å²) in [5.74, 6) is -3.58. The third-order valence-corrected chi connectivity index (χ3v) is 3.66. The second kappa shape index (κ2) is 12.5. The van der Waals surface area contributed by atoms with Crippen LogP contribution in [0.4, 0.5) is 0 Å². The smallest absolute Gasteiger partial charge is 0.326 e. The van der Waals surface area contributed by atoms with Crippen LogP contribution in [-0.2, 0) is 19.2 Å². The lowest BCUT2D eigenvalue weighted by molar-refractivity contribution is -0.143. The highest BCUT2D eigenvalue weighted by molar-refractivity contribution is 5.93. The van der Waals surface area contributed by atoms with Crippen LogP contribution in [0.2, 0.25) is 0 Å². The first-order chi connectivity index (χ1) is 12.9. The number of carboxylic acids is 1. The van der Waals surface area contributed by atoms with Gasteiger partial charge in [0.05, 0.1) is 12.5 Å². The topological polar surface area (TPSA) is 229 Å². The van der Waals surface area contributed by atoms with Crippen LogP contribution in [0.15, 0.2) is 4.99 Å². The third-order valence-electron chi connectivity index (χ3n) is 3.66. The number of rotatable bonds is 13. The lowest BCUT2D eigenvalue weighted by Gasteiger charge is -2.23. The summed E-state index contributed by atoms with van der Waals surface area (Å²) >= 11 is 0. The number of nitrogens with two attached hydrogens (primary N) is 4. The Morgan fingerprint density at radius 3 is 2.04 bits per heavy atom. The highest BCUT2D eigenvalue weighted by atomic mass is 16.4. The maximum absolute atomic E-state index is 12.5. The highest BCUT2D eigenvalue weighted by Gasteiger charge is 2.28. The average molecular weight is 401 g/mol. The van der Waals surface area contributed by atoms with Gasteiger partial charge in [-0.05, 0) is 25.2 Å². The van der Waals surface area contributed by atoms with E-state index in [0.717, 1.165) is 0 Å². The molecule has 0 saturated carbocycles. The average Bonchev–Trinajstić information content (AvgIpc) is 2.55. The van der Waals surface area contributed by atoms with E-state index in [1.807, 2.05) is 13.8 Å². The summed E-state index contributed by atoms with van der Waals surface area (Å²) in [6, 6.07) is -3.41. The molecule has 0 aromatic heterocycles. The van der Waals surface area contributed by atoms with E-state index in [-0.39, 0.29) is 24.8 Å². The Morgan fingerprint density at radius 1 is 1.00 bits per heavy atom. The van der Waals surface area contributed by atoms with E-state index in [1.54, 1.807) is 0 Å². The Kier molecular flexibility index (Phi) is 11.2. The van der Waals surface area contributed by atoms with Crippen molar-refractivity contribution in [1.82, 2.24) is 10.6 Å². The molecule has 0 aromatic rings. The number of carbonyl (C=O) groups is 4. The van der Waals surface area contributed by atoms with Gasteiger partial charge < -0.3 is 38.7 Å². The molecule has 28 heavy (non-hydrogen) atoms. The Labute approximate surface area is 163 Å². The number of aliphatic imine (C=N–C) groups is 1. The molecule has 0 fully saturated rings. The molecule has 0 aromatic carbocycles. The van der Waals surface area contributed by atoms with Crippen LogP contribution in [0.3, 0.4) is 0 Å². The minimum Gasteiger partial charge on any atom is -0.480 e. The molecule has 0 aliphatic heterocycles. The molecule has 0 aliphatic carbocycles. The van der Waals surface area contributed by atoms with Gasteiger partial charge in [-0.1, -0.05) is 13.8 Å². The van der Waals surface area contributed by atoms with E-state index in [0.29, 0.717) is 12.8 Å². The molecule has 3 amide bonds. The summed E-state index contributed by atoms with van der Waals surface area (Å²) in [5.41, 5.74) is 21.3. The standard InChI is InChI=1S/C16H31N7O5/c1-8(2)6-9(17)13(25)22-10(4-3-5-21-16(19)20)14(26)23-11(15(27)28)7-12(18)24/h8-11H,3-7,17H2,1-2H3,(H2,18,24)(H,22,25)(H,23,26)(H,27,28)(H4,19,20,21). The van der Waals surface area contributed by atoms with Gasteiger partial charge in [-0.3, -0.25) is 19.4 Å². The maximum atomic E-state index is 12.5. The van der Waals surface area contributed by atoms with Gasteiger partial charge in [0.25, 0.3) is 0 Å². The molecule has 0 heterocycles. The molecule has 160 valence electrons. The summed E-state index contributed by atoms with van der Waals surface area (Å²) in [5, 5.41) is 13.8. The van der Waals surface area contributed by atoms with Crippen molar-refractivity contribution in [2.75, 3.05) is 6.54 Å². The number of guanidine groups is 1. The normalized spacial score (nSPS) is 13.9. The van der Waals surface area contributed by atoms with Gasteiger partial charge in [0.1, 0.15) is 12.1 Å². The SMILES string of the molecule is CC(C)CC(N)C(=O)NC(CCCN=C(N)N)C(=O)NC(CC(N)=O)C(=O)O. The van der Waals surface area contributed by atoms with Crippen LogP contribution in [0, 0.1) is 5.92 Å². The Balaban J connectivity index is 5.14. The van der Waals surface area contributed by atoms with Crippen LogP contribution >= 0.6 is 0 Å². The molecule has 0 saturated heterocycles. The number of carboxylic acid groups (broad SMARTS) is 1. The quantitative estimate of drug-likeness (QED) is 0.0975. The lowest BCUT2D eigenvalue weighted by atomic mass is 10.0. The van der Waals surface area contributed by atoms with Gasteiger partial charge in [0.15, 0.2) is 5.96 Å². The van der Waals surface area contributed by atoms with Crippen LogP contribution in [0.1, 0.15) is 39.5 Å². The van der Waals surface area contributed by atoms with Gasteiger partial charge in [0.2, 0.25) is 17.7 Å². The molecule has 0 spiro atoms. The van der Waals surface area contributed by atoms with E-state index in [9.17, 15) is 19.2 Å². The zero-order valence-corrected chi connectivity index (χ0v) is 16.2. The predicted molar refractivity (Wildman–Crippen MR) is 103 cm³/mol. The number of hydrogen-bond donors (Lipinski definition) is 7. The monoisotopic (exact) mass is 401 g/mol. The predicted octanol–water partition coefficient (Wildman–Crippen LogP) is -2.66. The van der Waals surface area contributed by atoms with Gasteiger partial charge in [0, 0.05) is 6.54 Å². The van der Waals surface area contributed by atoms with Crippen molar-refractivity contribution in [2.45, 2.75) is 57.7 Å². The molecule has 3 unspecified atom stereocenters. The number of nitrogens with one attached hydrogen (secondary N) is 2. The molecule has 0 radical (unpaired) electrons. The summed E-state index contributed by atoms with van der Waals surface area (Å²) < 4.78 is 0. The fourth-order valence-corrected chi connectivity index (χ4v) is 2.34. The molecule has 0 bridgehead atoms. The Bertz CT molecular complexity index is 590. The lowest BCUT2D eigenvalue weighted by Crippen LogP contribution is -2.55. The first kappa shape index (κ1) is 25.1. The summed E-state index contributed by atoms with van der Waals surface area (Å²) in [4.78, 5) is 50.7. The van der Waals surface area contributed by atoms with E-state index < -0.39 is 48.2 Å². The van der Waals surface area contributed by atoms with Crippen LogP contribution in [-0.4, -0.2) is 59.4 Å². The minimum absolute atomic E-state index is 0.114. The number of primary amides is 1. The van der Waals surface area contributed by atoms with Crippen LogP contribution in [0.25, 0.3) is 0 Å². The first-order valence-corrected chi connectivity index (χ1v) is 8.86. The number of nitrogens with zero attached hydrogens (tertiary/aromatic N) is 1. The second-order valence-electron chi connectivity index (χ2n) is 6.82. The fraction of sp³-hybridized carbons (Fsp3) is 0.688. The molecule has 0 rings (SSSR count). The Hall–Kier alpha value is -2.89. The summed E-state index contributed by atoms with van der Waals surface area (Å²) in [6.45, 7) is 4.01. The van der Waals surface area contributed by atoms with Crippen molar-refractivity contribution < 1.29 is 24.3 Å². The molecule has 0 aliphatic rings. The van der Waals surface area contributed by atoms with Gasteiger partial charge in [-0.25, -0.2) is 4.79 Å². The molecule has 12 nitrogen and oxygen atoms in total. The largest absolute Gasteiger partial charge is 0.480 e. The molecular formula is C16H31N7O5. The van der Waals surface area contributed by atoms with Crippen molar-refractivity contribution in [3.05, 3.63) is 0 Å². The molecule has 11 N–H and O–H groups in total. The summed E-state index contributed by atoms with van der Waals surface area (Å²) in [7, 11) is 0. The molecule has 3 atom stereocenters. The van der Waals surface area contributed by atoms with E-state index in [2.05, 4.69) is 15.6 Å². The number of carbonyl (C=O) groups excluding carboxylic acids is 3. The van der Waals surface area contributed by atoms with E-state index in [4.69, 9.17) is 28.0 Å². The highest BCUT2D eigenvalue weighted by Crippen LogP contribution is 2.05. The number of hydrogen-bond acceptors (Lipinski definition) is 6.